The summed E-state index contributed by atoms with van der Waals surface area (Å²) >= 11 is 0. The number of hydrogen-bond donors (Lipinski definition) is 0. The lowest BCUT2D eigenvalue weighted by atomic mass is 10.1. The fourth-order valence-electron chi connectivity index (χ4n) is 3.65. The van der Waals surface area contributed by atoms with Gasteiger partial charge in [-0.15, -0.1) is 0 Å². The fourth-order valence-corrected chi connectivity index (χ4v) is 3.65. The molecule has 2 aliphatic heterocycles. The summed E-state index contributed by atoms with van der Waals surface area (Å²) in [6.07, 6.45) is 5.86. The first-order valence-corrected chi connectivity index (χ1v) is 9.50. The zero-order chi connectivity index (χ0) is 17.6. The first-order chi connectivity index (χ1) is 12.2. The summed E-state index contributed by atoms with van der Waals surface area (Å²) in [6, 6.07) is 7.48. The molecule has 0 bridgehead atoms. The largest absolute Gasteiger partial charge is 0.376 e. The number of hydrogen-bond acceptors (Lipinski definition) is 3. The number of carbonyl (C=O) groups excluding carboxylic acids is 2. The van der Waals surface area contributed by atoms with Gasteiger partial charge >= 0.3 is 0 Å². The lowest BCUT2D eigenvalue weighted by Gasteiger charge is -2.30. The highest BCUT2D eigenvalue weighted by Gasteiger charge is 2.25. The van der Waals surface area contributed by atoms with Crippen LogP contribution in [0, 0.1) is 0 Å². The summed E-state index contributed by atoms with van der Waals surface area (Å²) in [7, 11) is 0. The SMILES string of the molecule is CCCN(CC1CCCCO1)C(=O)c1cccc(N2CCCC2=O)c1. The Kier molecular flexibility index (Phi) is 6.08. The molecule has 5 heteroatoms. The van der Waals surface area contributed by atoms with E-state index in [1.807, 2.05) is 29.2 Å². The van der Waals surface area contributed by atoms with Crippen molar-refractivity contribution >= 4 is 17.5 Å². The lowest BCUT2D eigenvalue weighted by molar-refractivity contribution is -0.117. The lowest BCUT2D eigenvalue weighted by Crippen LogP contribution is -2.40. The number of nitrogens with zero attached hydrogens (tertiary/aromatic N) is 2. The minimum absolute atomic E-state index is 0.0320. The molecule has 0 spiro atoms. The summed E-state index contributed by atoms with van der Waals surface area (Å²) in [5.74, 6) is 0.176. The van der Waals surface area contributed by atoms with Crippen LogP contribution >= 0.6 is 0 Å². The molecule has 1 atom stereocenters. The van der Waals surface area contributed by atoms with Gasteiger partial charge in [0.05, 0.1) is 6.10 Å². The van der Waals surface area contributed by atoms with Crippen LogP contribution in [0.4, 0.5) is 5.69 Å². The molecule has 136 valence electrons. The van der Waals surface area contributed by atoms with Crippen LogP contribution in [0.1, 0.15) is 55.8 Å². The molecule has 2 amide bonds. The predicted molar refractivity (Wildman–Crippen MR) is 97.8 cm³/mol. The van der Waals surface area contributed by atoms with Crippen LogP contribution in [0.2, 0.25) is 0 Å². The minimum Gasteiger partial charge on any atom is -0.376 e. The molecule has 2 heterocycles. The number of carbonyl (C=O) groups is 2. The molecule has 0 aliphatic carbocycles. The van der Waals surface area contributed by atoms with Gasteiger partial charge < -0.3 is 14.5 Å². The van der Waals surface area contributed by atoms with Gasteiger partial charge in [0.25, 0.3) is 5.91 Å². The van der Waals surface area contributed by atoms with E-state index in [9.17, 15) is 9.59 Å². The Morgan fingerprint density at radius 1 is 1.32 bits per heavy atom. The third kappa shape index (κ3) is 4.40. The van der Waals surface area contributed by atoms with E-state index < -0.39 is 0 Å². The van der Waals surface area contributed by atoms with Crippen molar-refractivity contribution < 1.29 is 14.3 Å². The van der Waals surface area contributed by atoms with Crippen molar-refractivity contribution in [3.8, 4) is 0 Å². The van der Waals surface area contributed by atoms with Gasteiger partial charge in [-0.1, -0.05) is 13.0 Å². The summed E-state index contributed by atoms with van der Waals surface area (Å²) in [5, 5.41) is 0. The van der Waals surface area contributed by atoms with Gasteiger partial charge in [-0.05, 0) is 50.3 Å². The van der Waals surface area contributed by atoms with E-state index in [0.717, 1.165) is 51.1 Å². The van der Waals surface area contributed by atoms with Crippen LogP contribution in [0.5, 0.6) is 0 Å². The average Bonchev–Trinajstić information content (AvgIpc) is 3.08. The highest BCUT2D eigenvalue weighted by molar-refractivity contribution is 5.99. The van der Waals surface area contributed by atoms with Gasteiger partial charge in [0.15, 0.2) is 0 Å². The van der Waals surface area contributed by atoms with Crippen LogP contribution in [0.3, 0.4) is 0 Å². The molecule has 0 radical (unpaired) electrons. The van der Waals surface area contributed by atoms with Crippen molar-refractivity contribution in [1.29, 1.82) is 0 Å². The Hall–Kier alpha value is -1.88. The zero-order valence-corrected chi connectivity index (χ0v) is 15.1. The Balaban J connectivity index is 1.73. The monoisotopic (exact) mass is 344 g/mol. The zero-order valence-electron chi connectivity index (χ0n) is 15.1. The Morgan fingerprint density at radius 3 is 2.88 bits per heavy atom. The molecule has 1 aromatic rings. The molecule has 0 aromatic heterocycles. The molecule has 5 nitrogen and oxygen atoms in total. The molecule has 2 saturated heterocycles. The number of amides is 2. The molecular weight excluding hydrogens is 316 g/mol. The third-order valence-corrected chi connectivity index (χ3v) is 4.96. The topological polar surface area (TPSA) is 49.9 Å². The maximum absolute atomic E-state index is 13.0. The van der Waals surface area contributed by atoms with E-state index in [1.165, 1.54) is 6.42 Å². The Morgan fingerprint density at radius 2 is 2.20 bits per heavy atom. The van der Waals surface area contributed by atoms with Crippen molar-refractivity contribution in [2.45, 2.75) is 51.6 Å². The standard InChI is InChI=1S/C20H28N2O3/c1-2-11-21(15-18-9-3-4-13-25-18)20(24)16-7-5-8-17(14-16)22-12-6-10-19(22)23/h5,7-8,14,18H,2-4,6,9-13,15H2,1H3. The van der Waals surface area contributed by atoms with Crippen LogP contribution in [0.15, 0.2) is 24.3 Å². The molecule has 0 N–H and O–H groups in total. The van der Waals surface area contributed by atoms with Gasteiger partial charge in [-0.3, -0.25) is 9.59 Å². The van der Waals surface area contributed by atoms with Crippen molar-refractivity contribution in [1.82, 2.24) is 4.90 Å². The second-order valence-corrected chi connectivity index (χ2v) is 6.94. The molecule has 0 saturated carbocycles. The Labute approximate surface area is 149 Å². The number of benzene rings is 1. The van der Waals surface area contributed by atoms with Gasteiger partial charge in [-0.25, -0.2) is 0 Å². The molecule has 1 unspecified atom stereocenters. The van der Waals surface area contributed by atoms with E-state index in [2.05, 4.69) is 6.92 Å². The van der Waals surface area contributed by atoms with Gasteiger partial charge in [0, 0.05) is 43.9 Å². The number of rotatable bonds is 6. The van der Waals surface area contributed by atoms with Crippen molar-refractivity contribution in [2.75, 3.05) is 31.1 Å². The van der Waals surface area contributed by atoms with Crippen molar-refractivity contribution in [3.63, 3.8) is 0 Å². The van der Waals surface area contributed by atoms with Crippen molar-refractivity contribution in [3.05, 3.63) is 29.8 Å². The highest BCUT2D eigenvalue weighted by atomic mass is 16.5. The van der Waals surface area contributed by atoms with Gasteiger partial charge in [-0.2, -0.15) is 0 Å². The van der Waals surface area contributed by atoms with E-state index in [1.54, 1.807) is 4.90 Å². The predicted octanol–water partition coefficient (Wildman–Crippen LogP) is 3.23. The average molecular weight is 344 g/mol. The molecule has 25 heavy (non-hydrogen) atoms. The van der Waals surface area contributed by atoms with Crippen LogP contribution < -0.4 is 4.90 Å². The molecular formula is C20H28N2O3. The third-order valence-electron chi connectivity index (χ3n) is 4.96. The Bertz CT molecular complexity index is 611. The summed E-state index contributed by atoms with van der Waals surface area (Å²) < 4.78 is 5.81. The maximum atomic E-state index is 13.0. The van der Waals surface area contributed by atoms with E-state index in [-0.39, 0.29) is 17.9 Å². The van der Waals surface area contributed by atoms with Crippen LogP contribution in [-0.4, -0.2) is 49.1 Å². The van der Waals surface area contributed by atoms with Gasteiger partial charge in [0.1, 0.15) is 0 Å². The number of ether oxygens (including phenoxy) is 1. The molecule has 2 aliphatic rings. The van der Waals surface area contributed by atoms with Crippen LogP contribution in [-0.2, 0) is 9.53 Å². The molecule has 3 rings (SSSR count). The first kappa shape index (κ1) is 17.9. The summed E-state index contributed by atoms with van der Waals surface area (Å²) in [6.45, 7) is 5.00. The van der Waals surface area contributed by atoms with Gasteiger partial charge in [0.2, 0.25) is 5.91 Å². The highest BCUT2D eigenvalue weighted by Crippen LogP contribution is 2.23. The summed E-state index contributed by atoms with van der Waals surface area (Å²) in [4.78, 5) is 28.7. The molecule has 2 fully saturated rings. The van der Waals surface area contributed by atoms with Crippen LogP contribution in [0.25, 0.3) is 0 Å². The van der Waals surface area contributed by atoms with E-state index >= 15 is 0 Å². The van der Waals surface area contributed by atoms with E-state index in [0.29, 0.717) is 18.5 Å². The second-order valence-electron chi connectivity index (χ2n) is 6.94. The first-order valence-electron chi connectivity index (χ1n) is 9.50. The minimum atomic E-state index is 0.0320. The maximum Gasteiger partial charge on any atom is 0.254 e. The van der Waals surface area contributed by atoms with Crippen molar-refractivity contribution in [2.24, 2.45) is 0 Å². The smallest absolute Gasteiger partial charge is 0.254 e. The quantitative estimate of drug-likeness (QED) is 0.796. The second kappa shape index (κ2) is 8.48. The fraction of sp³-hybridized carbons (Fsp3) is 0.600. The number of anilines is 1. The van der Waals surface area contributed by atoms with E-state index in [4.69, 9.17) is 4.74 Å². The molecule has 1 aromatic carbocycles. The summed E-state index contributed by atoms with van der Waals surface area (Å²) in [5.41, 5.74) is 1.49. The normalized spacial score (nSPS) is 20.8.